The van der Waals surface area contributed by atoms with Crippen LogP contribution in [-0.2, 0) is 14.9 Å². The SMILES string of the molecule is COc1ccc(C23CCC(CN(C(=O)C4CCC(OC(=O)N5CC(O)C5)CC4)c4cc(-c5cnn(C(C)C)c5)ccn4)(CC2)CC3)cc1C. The van der Waals surface area contributed by atoms with Crippen LogP contribution < -0.4 is 9.64 Å². The molecule has 0 spiro atoms. The van der Waals surface area contributed by atoms with E-state index in [-0.39, 0.29) is 40.9 Å². The van der Waals surface area contributed by atoms with Crippen LogP contribution in [0.4, 0.5) is 10.6 Å². The highest BCUT2D eigenvalue weighted by Gasteiger charge is 2.51. The third-order valence-electron chi connectivity index (χ3n) is 12.1. The summed E-state index contributed by atoms with van der Waals surface area (Å²) in [7, 11) is 1.73. The van der Waals surface area contributed by atoms with E-state index in [4.69, 9.17) is 14.5 Å². The lowest BCUT2D eigenvalue weighted by molar-refractivity contribution is -0.124. The molecule has 5 aliphatic rings. The summed E-state index contributed by atoms with van der Waals surface area (Å²) in [6.45, 7) is 7.67. The Kier molecular flexibility index (Phi) is 9.19. The molecule has 4 aliphatic carbocycles. The minimum atomic E-state index is -0.457. The molecule has 2 amide bonds. The Morgan fingerprint density at radius 2 is 1.71 bits per heavy atom. The summed E-state index contributed by atoms with van der Waals surface area (Å²) in [6.07, 6.45) is 14.0. The molecule has 4 saturated carbocycles. The molecular formula is C39H51N5O5. The maximum absolute atomic E-state index is 14.6. The van der Waals surface area contributed by atoms with Gasteiger partial charge in [-0.1, -0.05) is 12.1 Å². The van der Waals surface area contributed by atoms with E-state index in [0.717, 1.165) is 55.4 Å². The highest BCUT2D eigenvalue weighted by Crippen LogP contribution is 2.58. The minimum absolute atomic E-state index is 0.0493. The summed E-state index contributed by atoms with van der Waals surface area (Å²) in [6, 6.07) is 11.0. The Labute approximate surface area is 289 Å². The van der Waals surface area contributed by atoms with Crippen LogP contribution in [0.1, 0.15) is 95.2 Å². The molecule has 10 nitrogen and oxygen atoms in total. The van der Waals surface area contributed by atoms with E-state index < -0.39 is 6.10 Å². The molecule has 0 unspecified atom stereocenters. The summed E-state index contributed by atoms with van der Waals surface area (Å²) < 4.78 is 13.3. The van der Waals surface area contributed by atoms with Gasteiger partial charge in [0.2, 0.25) is 5.91 Å². The van der Waals surface area contributed by atoms with Crippen LogP contribution in [-0.4, -0.2) is 75.7 Å². The van der Waals surface area contributed by atoms with E-state index in [0.29, 0.717) is 51.1 Å². The monoisotopic (exact) mass is 669 g/mol. The maximum Gasteiger partial charge on any atom is 0.410 e. The van der Waals surface area contributed by atoms with Gasteiger partial charge in [-0.2, -0.15) is 5.10 Å². The predicted molar refractivity (Wildman–Crippen MR) is 188 cm³/mol. The number of pyridine rings is 1. The Morgan fingerprint density at radius 1 is 1.00 bits per heavy atom. The van der Waals surface area contributed by atoms with Crippen LogP contribution >= 0.6 is 0 Å². The lowest BCUT2D eigenvalue weighted by atomic mass is 9.51. The molecule has 1 N–H and O–H groups in total. The molecule has 2 bridgehead atoms. The molecule has 262 valence electrons. The summed E-state index contributed by atoms with van der Waals surface area (Å²) in [5.74, 6) is 1.61. The van der Waals surface area contributed by atoms with Crippen molar-refractivity contribution in [1.82, 2.24) is 19.7 Å². The second-order valence-electron chi connectivity index (χ2n) is 15.5. The number of hydrogen-bond donors (Lipinski definition) is 1. The summed E-state index contributed by atoms with van der Waals surface area (Å²) in [5.41, 5.74) is 4.85. The zero-order chi connectivity index (χ0) is 34.3. The number of aromatic nitrogens is 3. The molecule has 8 rings (SSSR count). The molecule has 0 atom stereocenters. The minimum Gasteiger partial charge on any atom is -0.496 e. The van der Waals surface area contributed by atoms with Gasteiger partial charge in [-0.15, -0.1) is 0 Å². The number of nitrogens with zero attached hydrogens (tertiary/aromatic N) is 5. The molecule has 3 heterocycles. The molecule has 2 aromatic heterocycles. The number of methoxy groups -OCH3 is 1. The second-order valence-corrected chi connectivity index (χ2v) is 15.5. The van der Waals surface area contributed by atoms with Crippen LogP contribution in [0.25, 0.3) is 11.1 Å². The van der Waals surface area contributed by atoms with E-state index in [1.165, 1.54) is 16.0 Å². The van der Waals surface area contributed by atoms with Crippen LogP contribution in [0.5, 0.6) is 5.75 Å². The van der Waals surface area contributed by atoms with Crippen molar-refractivity contribution < 1.29 is 24.2 Å². The third-order valence-corrected chi connectivity index (χ3v) is 12.1. The van der Waals surface area contributed by atoms with Crippen LogP contribution in [0.2, 0.25) is 0 Å². The van der Waals surface area contributed by atoms with Crippen molar-refractivity contribution in [3.05, 3.63) is 60.0 Å². The van der Waals surface area contributed by atoms with Gasteiger partial charge in [0.25, 0.3) is 0 Å². The Morgan fingerprint density at radius 3 is 2.33 bits per heavy atom. The lowest BCUT2D eigenvalue weighted by Crippen LogP contribution is -2.54. The number of aryl methyl sites for hydroxylation is 1. The van der Waals surface area contributed by atoms with Crippen molar-refractivity contribution in [3.63, 3.8) is 0 Å². The second kappa shape index (κ2) is 13.4. The van der Waals surface area contributed by atoms with E-state index in [9.17, 15) is 14.7 Å². The Balaban J connectivity index is 1.10. The predicted octanol–water partition coefficient (Wildman–Crippen LogP) is 6.84. The molecule has 1 saturated heterocycles. The molecule has 10 heteroatoms. The van der Waals surface area contributed by atoms with E-state index in [2.05, 4.69) is 56.3 Å². The van der Waals surface area contributed by atoms with Crippen molar-refractivity contribution in [3.8, 4) is 16.9 Å². The van der Waals surface area contributed by atoms with Crippen molar-refractivity contribution in [2.45, 2.75) is 109 Å². The highest BCUT2D eigenvalue weighted by molar-refractivity contribution is 5.95. The normalized spacial score (nSPS) is 26.8. The van der Waals surface area contributed by atoms with Gasteiger partial charge in [0, 0.05) is 36.5 Å². The zero-order valence-electron chi connectivity index (χ0n) is 29.4. The average Bonchev–Trinajstić information content (AvgIpc) is 3.61. The van der Waals surface area contributed by atoms with Gasteiger partial charge >= 0.3 is 6.09 Å². The standard InChI is InChI=1S/C39H51N5O5/c1-26(2)44-22-30(21-41-44)29-11-18-40-35(20-29)43(36(46)28-5-8-33(9-6-28)49-37(47)42-23-32(45)24-42)25-38-12-15-39(16-13-38,17-14-38)31-7-10-34(48-4)27(3)19-31/h7,10-11,18-22,26,28,32-33,45H,5-6,8-9,12-17,23-25H2,1-4H3. The molecule has 1 aliphatic heterocycles. The number of carbonyl (C=O) groups is 2. The number of ether oxygens (including phenoxy) is 2. The number of amides is 2. The van der Waals surface area contributed by atoms with Gasteiger partial charge in [-0.3, -0.25) is 14.4 Å². The summed E-state index contributed by atoms with van der Waals surface area (Å²) in [4.78, 5) is 35.5. The smallest absolute Gasteiger partial charge is 0.410 e. The van der Waals surface area contributed by atoms with E-state index in [1.54, 1.807) is 7.11 Å². The van der Waals surface area contributed by atoms with Crippen LogP contribution in [0.3, 0.4) is 0 Å². The number of rotatable bonds is 9. The zero-order valence-corrected chi connectivity index (χ0v) is 29.4. The quantitative estimate of drug-likeness (QED) is 0.266. The first-order chi connectivity index (χ1) is 23.6. The number of fused-ring (bicyclic) bond motifs is 3. The van der Waals surface area contributed by atoms with Gasteiger partial charge in [0.1, 0.15) is 17.7 Å². The average molecular weight is 670 g/mol. The lowest BCUT2D eigenvalue weighted by Gasteiger charge is -2.55. The summed E-state index contributed by atoms with van der Waals surface area (Å²) >= 11 is 0. The summed E-state index contributed by atoms with van der Waals surface area (Å²) in [5, 5.41) is 14.1. The van der Waals surface area contributed by atoms with Gasteiger partial charge in [0.15, 0.2) is 0 Å². The third kappa shape index (κ3) is 6.68. The van der Waals surface area contributed by atoms with Crippen LogP contribution in [0, 0.1) is 18.3 Å². The Hall–Kier alpha value is -3.92. The number of aliphatic hydroxyl groups excluding tert-OH is 1. The van der Waals surface area contributed by atoms with Gasteiger partial charge in [-0.25, -0.2) is 9.78 Å². The first-order valence-electron chi connectivity index (χ1n) is 18.2. The molecule has 3 aromatic rings. The highest BCUT2D eigenvalue weighted by atomic mass is 16.6. The fourth-order valence-electron chi connectivity index (χ4n) is 8.73. The Bertz CT molecular complexity index is 1650. The fourth-order valence-corrected chi connectivity index (χ4v) is 8.73. The molecular weight excluding hydrogens is 618 g/mol. The van der Waals surface area contributed by atoms with Crippen molar-refractivity contribution in [2.75, 3.05) is 31.6 Å². The first-order valence-corrected chi connectivity index (χ1v) is 18.2. The van der Waals surface area contributed by atoms with Gasteiger partial charge in [-0.05, 0) is 131 Å². The number of benzene rings is 1. The van der Waals surface area contributed by atoms with Crippen molar-refractivity contribution >= 4 is 17.8 Å². The molecule has 5 fully saturated rings. The number of likely N-dealkylation sites (tertiary alicyclic amines) is 1. The number of β-amino-alcohol motifs (C(OH)–C–C–N with tert-alkyl or cyclic N) is 1. The molecule has 0 radical (unpaired) electrons. The van der Waals surface area contributed by atoms with Gasteiger partial charge < -0.3 is 19.5 Å². The van der Waals surface area contributed by atoms with E-state index in [1.807, 2.05) is 28.0 Å². The molecule has 49 heavy (non-hydrogen) atoms. The van der Waals surface area contributed by atoms with Crippen molar-refractivity contribution in [2.24, 2.45) is 11.3 Å². The number of carbonyl (C=O) groups excluding carboxylic acids is 2. The van der Waals surface area contributed by atoms with Crippen molar-refractivity contribution in [1.29, 1.82) is 0 Å². The number of aliphatic hydroxyl groups is 1. The number of anilines is 1. The fraction of sp³-hybridized carbons (Fsp3) is 0.590. The van der Waals surface area contributed by atoms with E-state index >= 15 is 0 Å². The first kappa shape index (κ1) is 33.6. The topological polar surface area (TPSA) is 110 Å². The molecule has 1 aromatic carbocycles. The number of hydrogen-bond acceptors (Lipinski definition) is 7. The van der Waals surface area contributed by atoms with Gasteiger partial charge in [0.05, 0.1) is 32.5 Å². The largest absolute Gasteiger partial charge is 0.496 e. The maximum atomic E-state index is 14.6. The van der Waals surface area contributed by atoms with Crippen LogP contribution in [0.15, 0.2) is 48.9 Å².